The summed E-state index contributed by atoms with van der Waals surface area (Å²) in [5, 5.41) is 12.0. The van der Waals surface area contributed by atoms with E-state index >= 15 is 0 Å². The molecule has 0 radical (unpaired) electrons. The molecule has 29 heavy (non-hydrogen) atoms. The topological polar surface area (TPSA) is 76.0 Å². The molecule has 0 aliphatic heterocycles. The zero-order valence-corrected chi connectivity index (χ0v) is 16.5. The van der Waals surface area contributed by atoms with E-state index in [9.17, 15) is 9.59 Å². The van der Waals surface area contributed by atoms with Crippen LogP contribution >= 0.6 is 0 Å². The predicted octanol–water partition coefficient (Wildman–Crippen LogP) is 2.80. The van der Waals surface area contributed by atoms with E-state index in [1.807, 2.05) is 18.2 Å². The van der Waals surface area contributed by atoms with Crippen molar-refractivity contribution in [1.29, 1.82) is 0 Å². The number of amides is 2. The Morgan fingerprint density at radius 2 is 1.76 bits per heavy atom. The summed E-state index contributed by atoms with van der Waals surface area (Å²) in [5.74, 6) is 4.80. The second-order valence-electron chi connectivity index (χ2n) is 9.16. The van der Waals surface area contributed by atoms with Gasteiger partial charge in [-0.3, -0.25) is 4.79 Å². The molecule has 1 aromatic heterocycles. The number of benzene rings is 1. The quantitative estimate of drug-likeness (QED) is 0.789. The minimum Gasteiger partial charge on any atom is -0.333 e. The van der Waals surface area contributed by atoms with Gasteiger partial charge in [0.25, 0.3) is 5.56 Å². The molecular formula is C23H26N4O2. The monoisotopic (exact) mass is 390 g/mol. The number of urea groups is 1. The third-order valence-corrected chi connectivity index (χ3v) is 7.02. The van der Waals surface area contributed by atoms with Crippen LogP contribution in [0.5, 0.6) is 0 Å². The maximum absolute atomic E-state index is 12.8. The van der Waals surface area contributed by atoms with Gasteiger partial charge in [-0.25, -0.2) is 9.48 Å². The lowest BCUT2D eigenvalue weighted by Crippen LogP contribution is -2.61. The van der Waals surface area contributed by atoms with Crippen LogP contribution in [0.25, 0.3) is 10.8 Å². The van der Waals surface area contributed by atoms with Gasteiger partial charge in [-0.05, 0) is 62.3 Å². The summed E-state index contributed by atoms with van der Waals surface area (Å²) in [6, 6.07) is 7.17. The first kappa shape index (κ1) is 18.2. The molecule has 2 amide bonds. The van der Waals surface area contributed by atoms with Crippen LogP contribution in [0.4, 0.5) is 4.79 Å². The summed E-state index contributed by atoms with van der Waals surface area (Å²) < 4.78 is 1.29. The van der Waals surface area contributed by atoms with E-state index in [1.165, 1.54) is 23.9 Å². The highest BCUT2D eigenvalue weighted by atomic mass is 16.2. The number of nitrogens with zero attached hydrogens (tertiary/aromatic N) is 2. The molecule has 4 aliphatic rings. The first-order valence-corrected chi connectivity index (χ1v) is 10.5. The summed E-state index contributed by atoms with van der Waals surface area (Å²) in [4.78, 5) is 25.3. The van der Waals surface area contributed by atoms with Gasteiger partial charge in [0.1, 0.15) is 6.54 Å². The first-order valence-electron chi connectivity index (χ1n) is 10.5. The van der Waals surface area contributed by atoms with Gasteiger partial charge in [0, 0.05) is 10.9 Å². The number of aromatic nitrogens is 2. The maximum atomic E-state index is 12.8. The lowest BCUT2D eigenvalue weighted by atomic mass is 9.53. The number of fused-ring (bicyclic) bond motifs is 1. The molecule has 1 heterocycles. The van der Waals surface area contributed by atoms with Crippen molar-refractivity contribution in [2.24, 2.45) is 17.8 Å². The zero-order chi connectivity index (χ0) is 20.0. The smallest absolute Gasteiger partial charge is 0.315 e. The second-order valence-corrected chi connectivity index (χ2v) is 9.16. The molecule has 6 heteroatoms. The minimum absolute atomic E-state index is 0.0312. The van der Waals surface area contributed by atoms with Crippen LogP contribution < -0.4 is 16.2 Å². The van der Waals surface area contributed by atoms with Gasteiger partial charge >= 0.3 is 6.03 Å². The lowest BCUT2D eigenvalue weighted by Gasteiger charge is -2.56. The molecule has 0 atom stereocenters. The van der Waals surface area contributed by atoms with Crippen molar-refractivity contribution in [3.63, 3.8) is 0 Å². The molecule has 1 aromatic carbocycles. The molecule has 4 saturated carbocycles. The molecule has 0 saturated heterocycles. The van der Waals surface area contributed by atoms with Gasteiger partial charge in [-0.2, -0.15) is 5.10 Å². The SMILES string of the molecule is C#CCn1nc(CNC(=O)NC23CC4CC(CC(C4)C2)C3)c2ccccc2c1=O. The molecule has 2 N–H and O–H groups in total. The van der Waals surface area contributed by atoms with Crippen molar-refractivity contribution in [2.75, 3.05) is 0 Å². The molecule has 150 valence electrons. The summed E-state index contributed by atoms with van der Waals surface area (Å²) in [5.41, 5.74) is 0.410. The average Bonchev–Trinajstić information content (AvgIpc) is 2.68. The molecule has 0 unspecified atom stereocenters. The fraction of sp³-hybridized carbons (Fsp3) is 0.522. The summed E-state index contributed by atoms with van der Waals surface area (Å²) in [7, 11) is 0. The van der Waals surface area contributed by atoms with Gasteiger partial charge in [-0.15, -0.1) is 6.42 Å². The van der Waals surface area contributed by atoms with Crippen molar-refractivity contribution < 1.29 is 4.79 Å². The number of hydrogen-bond donors (Lipinski definition) is 2. The summed E-state index contributed by atoms with van der Waals surface area (Å²) >= 11 is 0. The number of carbonyl (C=O) groups excluding carboxylic acids is 1. The first-order chi connectivity index (χ1) is 14.0. The van der Waals surface area contributed by atoms with E-state index in [0.29, 0.717) is 11.1 Å². The van der Waals surface area contributed by atoms with Crippen molar-refractivity contribution in [1.82, 2.24) is 20.4 Å². The Balaban J connectivity index is 1.33. The highest BCUT2D eigenvalue weighted by Crippen LogP contribution is 2.55. The third-order valence-electron chi connectivity index (χ3n) is 7.02. The lowest BCUT2D eigenvalue weighted by molar-refractivity contribution is -0.0135. The number of terminal acetylenes is 1. The molecule has 4 fully saturated rings. The van der Waals surface area contributed by atoms with E-state index in [4.69, 9.17) is 6.42 Å². The Hall–Kier alpha value is -2.81. The van der Waals surface area contributed by atoms with Crippen LogP contribution in [0.1, 0.15) is 44.2 Å². The van der Waals surface area contributed by atoms with Gasteiger partial charge in [0.2, 0.25) is 0 Å². The Morgan fingerprint density at radius 3 is 2.38 bits per heavy atom. The van der Waals surface area contributed by atoms with Crippen molar-refractivity contribution in [3.05, 3.63) is 40.3 Å². The summed E-state index contributed by atoms with van der Waals surface area (Å²) in [6.45, 7) is 0.361. The highest BCUT2D eigenvalue weighted by molar-refractivity contribution is 5.84. The van der Waals surface area contributed by atoms with Gasteiger partial charge in [0.05, 0.1) is 17.6 Å². The van der Waals surface area contributed by atoms with Gasteiger partial charge in [-0.1, -0.05) is 24.1 Å². The van der Waals surface area contributed by atoms with Crippen LogP contribution in [-0.4, -0.2) is 21.4 Å². The Bertz CT molecular complexity index is 1030. The standard InChI is InChI=1S/C23H26N4O2/c1-2-7-27-21(28)19-6-4-3-5-18(19)20(26-27)14-24-22(29)25-23-11-15-8-16(12-23)10-17(9-15)13-23/h1,3-6,15-17H,7-14H2,(H2,24,25,29). The van der Waals surface area contributed by atoms with Crippen LogP contribution in [-0.2, 0) is 13.1 Å². The van der Waals surface area contributed by atoms with Crippen molar-refractivity contribution >= 4 is 16.8 Å². The largest absolute Gasteiger partial charge is 0.333 e. The number of hydrogen-bond acceptors (Lipinski definition) is 3. The number of rotatable bonds is 4. The molecule has 4 aliphatic carbocycles. The van der Waals surface area contributed by atoms with Crippen LogP contribution in [0.2, 0.25) is 0 Å². The minimum atomic E-state index is -0.208. The number of carbonyl (C=O) groups is 1. The Morgan fingerprint density at radius 1 is 1.14 bits per heavy atom. The fourth-order valence-electron chi connectivity index (χ4n) is 6.34. The van der Waals surface area contributed by atoms with Crippen LogP contribution in [0, 0.1) is 30.1 Å². The van der Waals surface area contributed by atoms with Crippen LogP contribution in [0.15, 0.2) is 29.1 Å². The molecule has 4 bridgehead atoms. The van der Waals surface area contributed by atoms with E-state index < -0.39 is 0 Å². The molecule has 2 aromatic rings. The highest BCUT2D eigenvalue weighted by Gasteiger charge is 2.51. The van der Waals surface area contributed by atoms with E-state index in [2.05, 4.69) is 21.7 Å². The second kappa shape index (κ2) is 6.91. The Labute approximate surface area is 170 Å². The van der Waals surface area contributed by atoms with E-state index in [0.717, 1.165) is 42.4 Å². The van der Waals surface area contributed by atoms with Gasteiger partial charge in [0.15, 0.2) is 0 Å². The summed E-state index contributed by atoms with van der Waals surface area (Å²) in [6.07, 6.45) is 12.7. The fourth-order valence-corrected chi connectivity index (χ4v) is 6.34. The molecular weight excluding hydrogens is 364 g/mol. The average molecular weight is 390 g/mol. The third kappa shape index (κ3) is 3.29. The van der Waals surface area contributed by atoms with Crippen molar-refractivity contribution in [3.8, 4) is 12.3 Å². The number of nitrogens with one attached hydrogen (secondary N) is 2. The van der Waals surface area contributed by atoms with Gasteiger partial charge < -0.3 is 10.6 Å². The molecule has 6 rings (SSSR count). The van der Waals surface area contributed by atoms with Crippen LogP contribution in [0.3, 0.4) is 0 Å². The molecule has 6 nitrogen and oxygen atoms in total. The van der Waals surface area contributed by atoms with E-state index in [1.54, 1.807) is 6.07 Å². The van der Waals surface area contributed by atoms with Crippen molar-refractivity contribution in [2.45, 2.75) is 57.2 Å². The predicted molar refractivity (Wildman–Crippen MR) is 111 cm³/mol. The Kier molecular flexibility index (Phi) is 4.34. The normalized spacial score (nSPS) is 29.6. The maximum Gasteiger partial charge on any atom is 0.315 e. The molecule has 0 spiro atoms. The van der Waals surface area contributed by atoms with E-state index in [-0.39, 0.29) is 30.2 Å². The zero-order valence-electron chi connectivity index (χ0n) is 16.5.